The van der Waals surface area contributed by atoms with Gasteiger partial charge in [-0.25, -0.2) is 0 Å². The second-order valence-electron chi connectivity index (χ2n) is 5.05. The SMILES string of the molecule is Cc1c(Cl)cnn1CCC(C)(NC(C)C)C(N)=O. The van der Waals surface area contributed by atoms with Gasteiger partial charge < -0.3 is 11.1 Å². The maximum absolute atomic E-state index is 11.6. The van der Waals surface area contributed by atoms with Crippen LogP contribution in [0.1, 0.15) is 32.9 Å². The maximum Gasteiger partial charge on any atom is 0.237 e. The van der Waals surface area contributed by atoms with Gasteiger partial charge in [0.25, 0.3) is 0 Å². The van der Waals surface area contributed by atoms with Gasteiger partial charge in [0.1, 0.15) is 0 Å². The number of aryl methyl sites for hydroxylation is 1. The van der Waals surface area contributed by atoms with Crippen molar-refractivity contribution in [1.29, 1.82) is 0 Å². The van der Waals surface area contributed by atoms with Gasteiger partial charge in [-0.05, 0) is 34.1 Å². The molecule has 0 bridgehead atoms. The van der Waals surface area contributed by atoms with Crippen molar-refractivity contribution in [3.63, 3.8) is 0 Å². The largest absolute Gasteiger partial charge is 0.368 e. The molecule has 1 heterocycles. The molecule has 0 radical (unpaired) electrons. The molecule has 5 nitrogen and oxygen atoms in total. The highest BCUT2D eigenvalue weighted by Crippen LogP contribution is 2.17. The predicted octanol–water partition coefficient (Wildman–Crippen LogP) is 1.48. The van der Waals surface area contributed by atoms with E-state index in [-0.39, 0.29) is 11.9 Å². The molecule has 102 valence electrons. The monoisotopic (exact) mass is 272 g/mol. The van der Waals surface area contributed by atoms with Gasteiger partial charge in [0.15, 0.2) is 0 Å². The number of carbonyl (C=O) groups is 1. The first-order valence-corrected chi connectivity index (χ1v) is 6.39. The van der Waals surface area contributed by atoms with Gasteiger partial charge >= 0.3 is 0 Å². The summed E-state index contributed by atoms with van der Waals surface area (Å²) in [4.78, 5) is 11.6. The summed E-state index contributed by atoms with van der Waals surface area (Å²) in [7, 11) is 0. The Morgan fingerprint density at radius 2 is 2.28 bits per heavy atom. The summed E-state index contributed by atoms with van der Waals surface area (Å²) in [6.45, 7) is 8.27. The minimum Gasteiger partial charge on any atom is -0.368 e. The van der Waals surface area contributed by atoms with E-state index in [4.69, 9.17) is 17.3 Å². The standard InChI is InChI=1S/C12H21ClN4O/c1-8(2)16-12(4,11(14)18)5-6-17-9(3)10(13)7-15-17/h7-8,16H,5-6H2,1-4H3,(H2,14,18). The Balaban J connectivity index is 2.74. The van der Waals surface area contributed by atoms with E-state index in [1.807, 2.05) is 27.7 Å². The van der Waals surface area contributed by atoms with Crippen LogP contribution < -0.4 is 11.1 Å². The molecular weight excluding hydrogens is 252 g/mol. The van der Waals surface area contributed by atoms with Gasteiger partial charge in [-0.2, -0.15) is 5.10 Å². The third-order valence-electron chi connectivity index (χ3n) is 3.02. The van der Waals surface area contributed by atoms with Crippen molar-refractivity contribution in [2.45, 2.75) is 52.2 Å². The summed E-state index contributed by atoms with van der Waals surface area (Å²) >= 11 is 5.94. The van der Waals surface area contributed by atoms with Crippen LogP contribution in [0.15, 0.2) is 6.20 Å². The van der Waals surface area contributed by atoms with Gasteiger partial charge in [-0.15, -0.1) is 0 Å². The summed E-state index contributed by atoms with van der Waals surface area (Å²) in [6, 6.07) is 0.185. The molecule has 0 saturated carbocycles. The molecule has 6 heteroatoms. The average molecular weight is 273 g/mol. The second-order valence-corrected chi connectivity index (χ2v) is 5.45. The van der Waals surface area contributed by atoms with Crippen LogP contribution in [-0.2, 0) is 11.3 Å². The normalized spacial score (nSPS) is 14.8. The Hall–Kier alpha value is -1.07. The fourth-order valence-electron chi connectivity index (χ4n) is 1.88. The molecule has 0 aromatic carbocycles. The summed E-state index contributed by atoms with van der Waals surface area (Å²) in [5, 5.41) is 8.00. The molecule has 3 N–H and O–H groups in total. The van der Waals surface area contributed by atoms with Crippen LogP contribution in [0.4, 0.5) is 0 Å². The third-order valence-corrected chi connectivity index (χ3v) is 3.39. The Labute approximate surface area is 113 Å². The molecule has 1 rings (SSSR count). The molecule has 1 aromatic rings. The number of halogens is 1. The Kier molecular flexibility index (Phi) is 4.76. The van der Waals surface area contributed by atoms with Crippen LogP contribution in [0.3, 0.4) is 0 Å². The van der Waals surface area contributed by atoms with E-state index in [9.17, 15) is 4.79 Å². The summed E-state index contributed by atoms with van der Waals surface area (Å²) in [6.07, 6.45) is 2.17. The first-order valence-electron chi connectivity index (χ1n) is 6.02. The van der Waals surface area contributed by atoms with E-state index in [1.54, 1.807) is 10.9 Å². The van der Waals surface area contributed by atoms with Gasteiger partial charge in [0.2, 0.25) is 5.91 Å². The number of nitrogens with two attached hydrogens (primary N) is 1. The maximum atomic E-state index is 11.6. The predicted molar refractivity (Wildman–Crippen MR) is 72.5 cm³/mol. The molecule has 0 aliphatic carbocycles. The average Bonchev–Trinajstić information content (AvgIpc) is 2.56. The highest BCUT2D eigenvalue weighted by molar-refractivity contribution is 6.31. The van der Waals surface area contributed by atoms with Crippen LogP contribution >= 0.6 is 11.6 Å². The molecule has 1 aromatic heterocycles. The molecule has 0 aliphatic heterocycles. The van der Waals surface area contributed by atoms with Crippen molar-refractivity contribution in [2.75, 3.05) is 0 Å². The number of nitrogens with one attached hydrogen (secondary N) is 1. The minimum absolute atomic E-state index is 0.185. The zero-order valence-electron chi connectivity index (χ0n) is 11.3. The van der Waals surface area contributed by atoms with Gasteiger partial charge in [-0.1, -0.05) is 11.6 Å². The number of rotatable bonds is 6. The molecule has 18 heavy (non-hydrogen) atoms. The third kappa shape index (κ3) is 3.46. The van der Waals surface area contributed by atoms with Crippen LogP contribution in [0.2, 0.25) is 5.02 Å². The van der Waals surface area contributed by atoms with Crippen molar-refractivity contribution in [3.8, 4) is 0 Å². The lowest BCUT2D eigenvalue weighted by molar-refractivity contribution is -0.124. The summed E-state index contributed by atoms with van der Waals surface area (Å²) in [5.41, 5.74) is 5.63. The van der Waals surface area contributed by atoms with Gasteiger partial charge in [-0.3, -0.25) is 9.48 Å². The highest BCUT2D eigenvalue weighted by atomic mass is 35.5. The van der Waals surface area contributed by atoms with Crippen LogP contribution in [0.25, 0.3) is 0 Å². The number of carbonyl (C=O) groups excluding carboxylic acids is 1. The molecular formula is C12H21ClN4O. The summed E-state index contributed by atoms with van der Waals surface area (Å²) < 4.78 is 1.78. The smallest absolute Gasteiger partial charge is 0.237 e. The van der Waals surface area contributed by atoms with E-state index in [0.717, 1.165) is 5.69 Å². The molecule has 1 amide bonds. The van der Waals surface area contributed by atoms with E-state index in [1.165, 1.54) is 0 Å². The lowest BCUT2D eigenvalue weighted by atomic mass is 9.96. The quantitative estimate of drug-likeness (QED) is 0.824. The number of hydrogen-bond donors (Lipinski definition) is 2. The van der Waals surface area contributed by atoms with Gasteiger partial charge in [0, 0.05) is 12.6 Å². The molecule has 1 unspecified atom stereocenters. The van der Waals surface area contributed by atoms with E-state index < -0.39 is 5.54 Å². The lowest BCUT2D eigenvalue weighted by Gasteiger charge is -2.30. The topological polar surface area (TPSA) is 72.9 Å². The second kappa shape index (κ2) is 5.71. The summed E-state index contributed by atoms with van der Waals surface area (Å²) in [5.74, 6) is -0.355. The minimum atomic E-state index is -0.737. The fraction of sp³-hybridized carbons (Fsp3) is 0.667. The number of aromatic nitrogens is 2. The van der Waals surface area contributed by atoms with Crippen LogP contribution in [0, 0.1) is 6.92 Å². The molecule has 0 saturated heterocycles. The van der Waals surface area contributed by atoms with E-state index in [0.29, 0.717) is 18.0 Å². The number of hydrogen-bond acceptors (Lipinski definition) is 3. The molecule has 0 fully saturated rings. The molecule has 1 atom stereocenters. The Bertz CT molecular complexity index is 430. The van der Waals surface area contributed by atoms with Crippen molar-refractivity contribution >= 4 is 17.5 Å². The molecule has 0 spiro atoms. The Morgan fingerprint density at radius 1 is 1.67 bits per heavy atom. The van der Waals surface area contributed by atoms with E-state index >= 15 is 0 Å². The molecule has 0 aliphatic rings. The number of amides is 1. The van der Waals surface area contributed by atoms with Crippen molar-refractivity contribution in [2.24, 2.45) is 5.73 Å². The zero-order chi connectivity index (χ0) is 13.9. The van der Waals surface area contributed by atoms with Crippen molar-refractivity contribution in [3.05, 3.63) is 16.9 Å². The number of primary amides is 1. The fourth-order valence-corrected chi connectivity index (χ4v) is 2.02. The lowest BCUT2D eigenvalue weighted by Crippen LogP contribution is -2.56. The zero-order valence-corrected chi connectivity index (χ0v) is 12.1. The highest BCUT2D eigenvalue weighted by Gasteiger charge is 2.31. The van der Waals surface area contributed by atoms with Crippen molar-refractivity contribution < 1.29 is 4.79 Å². The van der Waals surface area contributed by atoms with Crippen LogP contribution in [0.5, 0.6) is 0 Å². The van der Waals surface area contributed by atoms with Crippen LogP contribution in [-0.4, -0.2) is 27.3 Å². The van der Waals surface area contributed by atoms with Gasteiger partial charge in [0.05, 0.1) is 22.5 Å². The van der Waals surface area contributed by atoms with Crippen molar-refractivity contribution in [1.82, 2.24) is 15.1 Å². The van der Waals surface area contributed by atoms with E-state index in [2.05, 4.69) is 10.4 Å². The first kappa shape index (κ1) is 15.0. The number of nitrogens with zero attached hydrogens (tertiary/aromatic N) is 2. The Morgan fingerprint density at radius 3 is 2.67 bits per heavy atom. The first-order chi connectivity index (χ1) is 8.26.